The van der Waals surface area contributed by atoms with Gasteiger partial charge in [-0.3, -0.25) is 9.59 Å². The van der Waals surface area contributed by atoms with Crippen LogP contribution in [-0.2, 0) is 9.59 Å². The highest BCUT2D eigenvalue weighted by molar-refractivity contribution is 6.01. The van der Waals surface area contributed by atoms with Crippen molar-refractivity contribution < 1.29 is 14.3 Å². The van der Waals surface area contributed by atoms with Gasteiger partial charge in [0, 0.05) is 13.6 Å². The minimum Gasteiger partial charge on any atom is -0.478 e. The summed E-state index contributed by atoms with van der Waals surface area (Å²) in [5.74, 6) is 0.318. The summed E-state index contributed by atoms with van der Waals surface area (Å²) in [7, 11) is 1.70. The summed E-state index contributed by atoms with van der Waals surface area (Å²) >= 11 is 0. The predicted octanol–water partition coefficient (Wildman–Crippen LogP) is 2.11. The molecule has 1 aliphatic heterocycles. The summed E-state index contributed by atoms with van der Waals surface area (Å²) < 4.78 is 5.66. The van der Waals surface area contributed by atoms with E-state index in [-0.39, 0.29) is 18.2 Å². The maximum Gasteiger partial charge on any atom is 0.268 e. The summed E-state index contributed by atoms with van der Waals surface area (Å²) in [6.45, 7) is 2.77. The number of nitrogens with zero attached hydrogens (tertiary/aromatic N) is 1. The summed E-state index contributed by atoms with van der Waals surface area (Å²) in [6.07, 6.45) is 2.49. The van der Waals surface area contributed by atoms with E-state index in [1.54, 1.807) is 11.9 Å². The molecule has 0 radical (unpaired) electrons. The van der Waals surface area contributed by atoms with Gasteiger partial charge in [-0.2, -0.15) is 0 Å². The second-order valence-corrected chi connectivity index (χ2v) is 5.23. The third-order valence-electron chi connectivity index (χ3n) is 3.58. The van der Waals surface area contributed by atoms with Crippen LogP contribution in [0.15, 0.2) is 24.3 Å². The second kappa shape index (κ2) is 7.11. The van der Waals surface area contributed by atoms with E-state index in [4.69, 9.17) is 4.74 Å². The smallest absolute Gasteiger partial charge is 0.268 e. The molecule has 0 aliphatic carbocycles. The van der Waals surface area contributed by atoms with Crippen LogP contribution in [0.3, 0.4) is 0 Å². The lowest BCUT2D eigenvalue weighted by atomic mass is 10.1. The zero-order chi connectivity index (χ0) is 15.2. The largest absolute Gasteiger partial charge is 0.478 e. The number of likely N-dealkylation sites (N-methyl/N-ethyl adjacent to an activating group) is 1. The molecule has 1 heterocycles. The van der Waals surface area contributed by atoms with Crippen LogP contribution in [0.2, 0.25) is 0 Å². The van der Waals surface area contributed by atoms with Gasteiger partial charge in [0.15, 0.2) is 6.10 Å². The fourth-order valence-corrected chi connectivity index (χ4v) is 2.34. The Morgan fingerprint density at radius 1 is 1.33 bits per heavy atom. The number of rotatable bonds is 6. The van der Waals surface area contributed by atoms with Gasteiger partial charge in [-0.15, -0.1) is 0 Å². The van der Waals surface area contributed by atoms with E-state index < -0.39 is 6.10 Å². The molecule has 21 heavy (non-hydrogen) atoms. The van der Waals surface area contributed by atoms with Crippen LogP contribution in [0.25, 0.3) is 0 Å². The molecule has 0 fully saturated rings. The fraction of sp³-hybridized carbons (Fsp3) is 0.500. The van der Waals surface area contributed by atoms with Crippen molar-refractivity contribution >= 4 is 17.5 Å². The van der Waals surface area contributed by atoms with Crippen LogP contribution in [0, 0.1) is 0 Å². The Bertz CT molecular complexity index is 516. The molecule has 2 rings (SSSR count). The molecule has 1 aliphatic rings. The van der Waals surface area contributed by atoms with Crippen molar-refractivity contribution in [3.63, 3.8) is 0 Å². The van der Waals surface area contributed by atoms with Gasteiger partial charge in [0.1, 0.15) is 5.75 Å². The highest BCUT2D eigenvalue weighted by atomic mass is 16.5. The molecule has 0 saturated carbocycles. The van der Waals surface area contributed by atoms with Gasteiger partial charge in [-0.25, -0.2) is 0 Å². The summed E-state index contributed by atoms with van der Waals surface area (Å²) in [5, 5.41) is 2.83. The van der Waals surface area contributed by atoms with E-state index >= 15 is 0 Å². The molecule has 2 amide bonds. The van der Waals surface area contributed by atoms with Gasteiger partial charge in [-0.1, -0.05) is 31.9 Å². The SMILES string of the molecule is CCCCCNC(=O)CC1Oc2ccccc2N(C)C1=O. The molecule has 0 aromatic heterocycles. The number of benzene rings is 1. The molecule has 0 spiro atoms. The van der Waals surface area contributed by atoms with E-state index in [0.717, 1.165) is 24.9 Å². The van der Waals surface area contributed by atoms with Crippen molar-refractivity contribution in [3.8, 4) is 5.75 Å². The maximum absolute atomic E-state index is 12.2. The van der Waals surface area contributed by atoms with E-state index in [1.165, 1.54) is 0 Å². The molecule has 1 atom stereocenters. The Hall–Kier alpha value is -2.04. The number of ether oxygens (including phenoxy) is 1. The highest BCUT2D eigenvalue weighted by Crippen LogP contribution is 2.33. The Labute approximate surface area is 125 Å². The van der Waals surface area contributed by atoms with E-state index in [1.807, 2.05) is 24.3 Å². The molecule has 114 valence electrons. The number of carbonyl (C=O) groups is 2. The number of unbranched alkanes of at least 4 members (excludes halogenated alkanes) is 2. The number of hydrogen-bond donors (Lipinski definition) is 1. The topological polar surface area (TPSA) is 58.6 Å². The predicted molar refractivity (Wildman–Crippen MR) is 81.4 cm³/mol. The Morgan fingerprint density at radius 2 is 2.10 bits per heavy atom. The number of amides is 2. The van der Waals surface area contributed by atoms with Crippen LogP contribution in [0.5, 0.6) is 5.75 Å². The normalized spacial score (nSPS) is 17.1. The zero-order valence-corrected chi connectivity index (χ0v) is 12.6. The minimum absolute atomic E-state index is 0.0592. The number of nitrogens with one attached hydrogen (secondary N) is 1. The number of carbonyl (C=O) groups excluding carboxylic acids is 2. The molecule has 1 aromatic carbocycles. The lowest BCUT2D eigenvalue weighted by Crippen LogP contribution is -2.46. The first kappa shape index (κ1) is 15.4. The molecule has 1 aromatic rings. The van der Waals surface area contributed by atoms with Gasteiger partial charge in [0.25, 0.3) is 5.91 Å². The summed E-state index contributed by atoms with van der Waals surface area (Å²) in [6, 6.07) is 7.34. The maximum atomic E-state index is 12.2. The van der Waals surface area contributed by atoms with Gasteiger partial charge >= 0.3 is 0 Å². The van der Waals surface area contributed by atoms with Gasteiger partial charge < -0.3 is 15.0 Å². The summed E-state index contributed by atoms with van der Waals surface area (Å²) in [4.78, 5) is 25.6. The number of hydrogen-bond acceptors (Lipinski definition) is 3. The van der Waals surface area contributed by atoms with Crippen molar-refractivity contribution in [1.29, 1.82) is 0 Å². The monoisotopic (exact) mass is 290 g/mol. The quantitative estimate of drug-likeness (QED) is 0.816. The number of fused-ring (bicyclic) bond motifs is 1. The Morgan fingerprint density at radius 3 is 2.86 bits per heavy atom. The average molecular weight is 290 g/mol. The van der Waals surface area contributed by atoms with Crippen LogP contribution >= 0.6 is 0 Å². The summed E-state index contributed by atoms with van der Waals surface area (Å²) in [5.41, 5.74) is 0.738. The lowest BCUT2D eigenvalue weighted by molar-refractivity contribution is -0.132. The van der Waals surface area contributed by atoms with E-state index in [9.17, 15) is 9.59 Å². The standard InChI is InChI=1S/C16H22N2O3/c1-3-4-7-10-17-15(19)11-14-16(20)18(2)12-8-5-6-9-13(12)21-14/h5-6,8-9,14H,3-4,7,10-11H2,1-2H3,(H,17,19). The van der Waals surface area contributed by atoms with Crippen LogP contribution in [0.4, 0.5) is 5.69 Å². The molecular formula is C16H22N2O3. The lowest BCUT2D eigenvalue weighted by Gasteiger charge is -2.31. The first-order valence-corrected chi connectivity index (χ1v) is 7.43. The van der Waals surface area contributed by atoms with Crippen LogP contribution in [0.1, 0.15) is 32.6 Å². The van der Waals surface area contributed by atoms with Crippen molar-refractivity contribution in [2.45, 2.75) is 38.7 Å². The van der Waals surface area contributed by atoms with Gasteiger partial charge in [0.05, 0.1) is 12.1 Å². The molecule has 5 nitrogen and oxygen atoms in total. The Balaban J connectivity index is 1.93. The third kappa shape index (κ3) is 3.74. The van der Waals surface area contributed by atoms with Gasteiger partial charge in [0.2, 0.25) is 5.91 Å². The Kier molecular flexibility index (Phi) is 5.20. The molecule has 0 saturated heterocycles. The van der Waals surface area contributed by atoms with Crippen molar-refractivity contribution in [2.24, 2.45) is 0 Å². The van der Waals surface area contributed by atoms with E-state index in [2.05, 4.69) is 12.2 Å². The van der Waals surface area contributed by atoms with Crippen LogP contribution < -0.4 is 15.0 Å². The van der Waals surface area contributed by atoms with Crippen molar-refractivity contribution in [1.82, 2.24) is 5.32 Å². The first-order valence-electron chi connectivity index (χ1n) is 7.43. The average Bonchev–Trinajstić information content (AvgIpc) is 2.49. The third-order valence-corrected chi connectivity index (χ3v) is 3.58. The zero-order valence-electron chi connectivity index (χ0n) is 12.6. The van der Waals surface area contributed by atoms with Crippen LogP contribution in [-0.4, -0.2) is 31.5 Å². The second-order valence-electron chi connectivity index (χ2n) is 5.23. The van der Waals surface area contributed by atoms with Crippen molar-refractivity contribution in [2.75, 3.05) is 18.5 Å². The number of anilines is 1. The molecule has 1 N–H and O–H groups in total. The van der Waals surface area contributed by atoms with Gasteiger partial charge in [-0.05, 0) is 18.6 Å². The minimum atomic E-state index is -0.740. The molecular weight excluding hydrogens is 268 g/mol. The molecule has 1 unspecified atom stereocenters. The highest BCUT2D eigenvalue weighted by Gasteiger charge is 2.33. The van der Waals surface area contributed by atoms with E-state index in [0.29, 0.717) is 12.3 Å². The molecule has 5 heteroatoms. The number of para-hydroxylation sites is 2. The van der Waals surface area contributed by atoms with Crippen molar-refractivity contribution in [3.05, 3.63) is 24.3 Å². The fourth-order valence-electron chi connectivity index (χ4n) is 2.34. The molecule has 0 bridgehead atoms. The first-order chi connectivity index (χ1) is 10.1.